The van der Waals surface area contributed by atoms with Crippen LogP contribution in [0.25, 0.3) is 0 Å². The monoisotopic (exact) mass is 260 g/mol. The summed E-state index contributed by atoms with van der Waals surface area (Å²) in [6, 6.07) is 0. The van der Waals surface area contributed by atoms with Crippen molar-refractivity contribution in [3.8, 4) is 0 Å². The number of unbranched alkanes of at least 4 members (excludes halogenated alkanes) is 2. The van der Waals surface area contributed by atoms with Gasteiger partial charge in [0.25, 0.3) is 0 Å². The molecule has 0 heterocycles. The molecule has 18 heavy (non-hydrogen) atoms. The van der Waals surface area contributed by atoms with E-state index in [0.717, 1.165) is 58.7 Å². The van der Waals surface area contributed by atoms with E-state index in [4.69, 9.17) is 18.9 Å². The smallest absolute Gasteiger partial charge is 0.0873 e. The minimum atomic E-state index is 0.674. The Kier molecular flexibility index (Phi) is 15.9. The Hall–Kier alpha value is -0.580. The average Bonchev–Trinajstić information content (AvgIpc) is 2.39. The Morgan fingerprint density at radius 2 is 1.22 bits per heavy atom. The summed E-state index contributed by atoms with van der Waals surface area (Å²) in [5, 5.41) is 0. The normalized spacial score (nSPS) is 10.5. The van der Waals surface area contributed by atoms with E-state index in [1.165, 1.54) is 6.26 Å². The van der Waals surface area contributed by atoms with Crippen LogP contribution in [-0.4, -0.2) is 46.2 Å². The van der Waals surface area contributed by atoms with Crippen LogP contribution in [-0.2, 0) is 18.9 Å². The Morgan fingerprint density at radius 1 is 0.722 bits per heavy atom. The van der Waals surface area contributed by atoms with E-state index >= 15 is 0 Å². The van der Waals surface area contributed by atoms with Crippen LogP contribution in [0.2, 0.25) is 0 Å². The third-order valence-electron chi connectivity index (χ3n) is 2.32. The fourth-order valence-corrected chi connectivity index (χ4v) is 1.35. The van der Waals surface area contributed by atoms with E-state index in [2.05, 4.69) is 6.58 Å². The van der Waals surface area contributed by atoms with E-state index in [9.17, 15) is 0 Å². The first-order valence-corrected chi connectivity index (χ1v) is 6.87. The van der Waals surface area contributed by atoms with Gasteiger partial charge in [0.2, 0.25) is 0 Å². The van der Waals surface area contributed by atoms with Crippen LogP contribution < -0.4 is 0 Å². The summed E-state index contributed by atoms with van der Waals surface area (Å²) < 4.78 is 21.1. The summed E-state index contributed by atoms with van der Waals surface area (Å²) in [6.07, 6.45) is 5.61. The van der Waals surface area contributed by atoms with Gasteiger partial charge < -0.3 is 18.9 Å². The lowest BCUT2D eigenvalue weighted by Gasteiger charge is -2.06. The van der Waals surface area contributed by atoms with Gasteiger partial charge in [-0.25, -0.2) is 0 Å². The molecule has 0 atom stereocenters. The highest BCUT2D eigenvalue weighted by molar-refractivity contribution is 4.49. The van der Waals surface area contributed by atoms with Crippen LogP contribution >= 0.6 is 0 Å². The van der Waals surface area contributed by atoms with Crippen molar-refractivity contribution in [3.63, 3.8) is 0 Å². The molecule has 0 saturated heterocycles. The van der Waals surface area contributed by atoms with Crippen LogP contribution in [0.15, 0.2) is 12.8 Å². The molecule has 0 amide bonds. The van der Waals surface area contributed by atoms with Crippen molar-refractivity contribution in [2.45, 2.75) is 32.6 Å². The first-order valence-electron chi connectivity index (χ1n) is 6.87. The minimum Gasteiger partial charge on any atom is -0.502 e. The number of hydrogen-bond acceptors (Lipinski definition) is 4. The van der Waals surface area contributed by atoms with Gasteiger partial charge in [-0.05, 0) is 32.6 Å². The fraction of sp³-hybridized carbons (Fsp3) is 0.857. The summed E-state index contributed by atoms with van der Waals surface area (Å²) in [5.74, 6) is 0. The highest BCUT2D eigenvalue weighted by atomic mass is 16.5. The quantitative estimate of drug-likeness (QED) is 0.335. The van der Waals surface area contributed by atoms with Crippen molar-refractivity contribution in [2.75, 3.05) is 46.2 Å². The molecule has 0 aromatic rings. The van der Waals surface area contributed by atoms with Gasteiger partial charge in [-0.15, -0.1) is 0 Å². The predicted molar refractivity (Wildman–Crippen MR) is 72.7 cm³/mol. The van der Waals surface area contributed by atoms with Crippen molar-refractivity contribution in [3.05, 3.63) is 12.8 Å². The molecule has 4 nitrogen and oxygen atoms in total. The standard InChI is InChI=1S/C14H28O4/c1-3-15-9-5-7-11-17-13-14-18-12-8-6-10-16-4-2/h3H,1,4-14H2,2H3. The SMILES string of the molecule is C=COCCCCOCCOCCCCOCC. The van der Waals surface area contributed by atoms with Gasteiger partial charge in [-0.1, -0.05) is 6.58 Å². The molecule has 0 aromatic carbocycles. The van der Waals surface area contributed by atoms with E-state index in [1.807, 2.05) is 6.92 Å². The van der Waals surface area contributed by atoms with E-state index < -0.39 is 0 Å². The first kappa shape index (κ1) is 17.4. The molecule has 0 aromatic heterocycles. The number of rotatable bonds is 15. The number of hydrogen-bond donors (Lipinski definition) is 0. The molecular formula is C14H28O4. The van der Waals surface area contributed by atoms with Crippen LogP contribution in [0.1, 0.15) is 32.6 Å². The molecule has 108 valence electrons. The Morgan fingerprint density at radius 3 is 1.72 bits per heavy atom. The van der Waals surface area contributed by atoms with Crippen molar-refractivity contribution >= 4 is 0 Å². The molecule has 0 spiro atoms. The lowest BCUT2D eigenvalue weighted by Crippen LogP contribution is -2.07. The predicted octanol–water partition coefficient (Wildman–Crippen LogP) is 2.78. The summed E-state index contributed by atoms with van der Waals surface area (Å²) in [6.45, 7) is 10.8. The molecule has 0 N–H and O–H groups in total. The highest BCUT2D eigenvalue weighted by Crippen LogP contribution is 1.93. The molecule has 0 radical (unpaired) electrons. The van der Waals surface area contributed by atoms with E-state index in [0.29, 0.717) is 13.2 Å². The molecular weight excluding hydrogens is 232 g/mol. The lowest BCUT2D eigenvalue weighted by molar-refractivity contribution is 0.0411. The van der Waals surface area contributed by atoms with E-state index in [1.54, 1.807) is 0 Å². The Labute approximate surface area is 111 Å². The van der Waals surface area contributed by atoms with Gasteiger partial charge in [0, 0.05) is 26.4 Å². The van der Waals surface area contributed by atoms with Crippen molar-refractivity contribution in [2.24, 2.45) is 0 Å². The fourth-order valence-electron chi connectivity index (χ4n) is 1.35. The molecule has 0 unspecified atom stereocenters. The molecule has 4 heteroatoms. The molecule has 0 saturated carbocycles. The van der Waals surface area contributed by atoms with Crippen molar-refractivity contribution in [1.82, 2.24) is 0 Å². The summed E-state index contributed by atoms with van der Waals surface area (Å²) in [4.78, 5) is 0. The molecule has 0 aliphatic carbocycles. The second-order valence-corrected chi connectivity index (χ2v) is 3.87. The Balaban J connectivity index is 2.88. The zero-order chi connectivity index (χ0) is 13.3. The van der Waals surface area contributed by atoms with Crippen LogP contribution in [0, 0.1) is 0 Å². The van der Waals surface area contributed by atoms with Gasteiger partial charge in [0.1, 0.15) is 0 Å². The molecule has 0 rings (SSSR count). The van der Waals surface area contributed by atoms with Crippen LogP contribution in [0.4, 0.5) is 0 Å². The third kappa shape index (κ3) is 15.4. The topological polar surface area (TPSA) is 36.9 Å². The van der Waals surface area contributed by atoms with Gasteiger partial charge in [-0.3, -0.25) is 0 Å². The second-order valence-electron chi connectivity index (χ2n) is 3.87. The van der Waals surface area contributed by atoms with Crippen LogP contribution in [0.5, 0.6) is 0 Å². The average molecular weight is 260 g/mol. The second kappa shape index (κ2) is 16.4. The van der Waals surface area contributed by atoms with Gasteiger partial charge in [-0.2, -0.15) is 0 Å². The van der Waals surface area contributed by atoms with Crippen molar-refractivity contribution in [1.29, 1.82) is 0 Å². The third-order valence-corrected chi connectivity index (χ3v) is 2.32. The largest absolute Gasteiger partial charge is 0.502 e. The maximum Gasteiger partial charge on any atom is 0.0873 e. The van der Waals surface area contributed by atoms with Gasteiger partial charge >= 0.3 is 0 Å². The number of ether oxygens (including phenoxy) is 4. The molecule has 0 fully saturated rings. The maximum absolute atomic E-state index is 5.44. The summed E-state index contributed by atoms with van der Waals surface area (Å²) in [5.41, 5.74) is 0. The highest BCUT2D eigenvalue weighted by Gasteiger charge is 1.92. The molecule has 0 aliphatic heterocycles. The first-order chi connectivity index (χ1) is 8.91. The van der Waals surface area contributed by atoms with Crippen LogP contribution in [0.3, 0.4) is 0 Å². The van der Waals surface area contributed by atoms with Crippen molar-refractivity contribution < 1.29 is 18.9 Å². The zero-order valence-corrected chi connectivity index (χ0v) is 11.7. The summed E-state index contributed by atoms with van der Waals surface area (Å²) in [7, 11) is 0. The summed E-state index contributed by atoms with van der Waals surface area (Å²) >= 11 is 0. The minimum absolute atomic E-state index is 0.674. The molecule has 0 aliphatic rings. The van der Waals surface area contributed by atoms with Gasteiger partial charge in [0.15, 0.2) is 0 Å². The van der Waals surface area contributed by atoms with Gasteiger partial charge in [0.05, 0.1) is 26.1 Å². The Bertz CT molecular complexity index is 162. The molecule has 0 bridgehead atoms. The van der Waals surface area contributed by atoms with E-state index in [-0.39, 0.29) is 0 Å². The zero-order valence-electron chi connectivity index (χ0n) is 11.7. The lowest BCUT2D eigenvalue weighted by atomic mass is 10.3. The maximum atomic E-state index is 5.44.